The van der Waals surface area contributed by atoms with Gasteiger partial charge in [0.1, 0.15) is 16.4 Å². The summed E-state index contributed by atoms with van der Waals surface area (Å²) in [7, 11) is 3.38. The van der Waals surface area contributed by atoms with E-state index in [4.69, 9.17) is 4.74 Å². The van der Waals surface area contributed by atoms with Crippen LogP contribution in [0.3, 0.4) is 0 Å². The number of hydrogen-bond donors (Lipinski definition) is 0. The number of anilines is 2. The van der Waals surface area contributed by atoms with Gasteiger partial charge in [-0.05, 0) is 55.5 Å². The van der Waals surface area contributed by atoms with Gasteiger partial charge in [0, 0.05) is 17.6 Å². The first-order chi connectivity index (χ1) is 15.0. The van der Waals surface area contributed by atoms with Crippen LogP contribution in [0, 0.1) is 6.92 Å². The van der Waals surface area contributed by atoms with Crippen LogP contribution in [-0.2, 0) is 9.59 Å². The van der Waals surface area contributed by atoms with Gasteiger partial charge in [-0.25, -0.2) is 4.90 Å². The molecule has 1 aliphatic rings. The predicted octanol–water partition coefficient (Wildman–Crippen LogP) is 5.02. The van der Waals surface area contributed by atoms with Crippen molar-refractivity contribution >= 4 is 35.0 Å². The molecule has 0 atom stereocenters. The van der Waals surface area contributed by atoms with Crippen LogP contribution in [0.1, 0.15) is 5.56 Å². The molecule has 0 N–H and O–H groups in total. The Morgan fingerprint density at radius 3 is 2.10 bits per heavy atom. The molecule has 0 spiro atoms. The molecule has 156 valence electrons. The first-order valence-corrected chi connectivity index (χ1v) is 10.6. The Bertz CT molecular complexity index is 1140. The zero-order chi connectivity index (χ0) is 22.0. The van der Waals surface area contributed by atoms with E-state index in [1.807, 2.05) is 68.6 Å². The summed E-state index contributed by atoms with van der Waals surface area (Å²) in [6.45, 7) is 2.01. The Hall–Kier alpha value is -3.51. The molecule has 31 heavy (non-hydrogen) atoms. The van der Waals surface area contributed by atoms with E-state index in [0.29, 0.717) is 22.0 Å². The van der Waals surface area contributed by atoms with Crippen LogP contribution in [-0.4, -0.2) is 26.0 Å². The summed E-state index contributed by atoms with van der Waals surface area (Å²) in [5.74, 6) is -0.0265. The minimum absolute atomic E-state index is 0.335. The number of imide groups is 1. The third kappa shape index (κ3) is 4.07. The van der Waals surface area contributed by atoms with Gasteiger partial charge in [0.15, 0.2) is 0 Å². The third-order valence-corrected chi connectivity index (χ3v) is 6.15. The summed E-state index contributed by atoms with van der Waals surface area (Å²) < 4.78 is 5.20. The smallest absolute Gasteiger partial charge is 0.283 e. The van der Waals surface area contributed by atoms with E-state index in [-0.39, 0.29) is 11.8 Å². The number of benzene rings is 3. The lowest BCUT2D eigenvalue weighted by atomic mass is 10.2. The van der Waals surface area contributed by atoms with Gasteiger partial charge in [-0.1, -0.05) is 47.7 Å². The molecule has 0 aromatic heterocycles. The standard InChI is InChI=1S/C25H22N2O3S/c1-17-9-15-21(16-10-17)31-23-22(26(2)18-7-5-4-6-8-18)24(28)27(25(23)29)19-11-13-20(30-3)14-12-19/h4-16H,1-3H3. The number of hydrogen-bond acceptors (Lipinski definition) is 5. The lowest BCUT2D eigenvalue weighted by molar-refractivity contribution is -0.120. The van der Waals surface area contributed by atoms with Crippen LogP contribution >= 0.6 is 11.8 Å². The minimum Gasteiger partial charge on any atom is -0.497 e. The highest BCUT2D eigenvalue weighted by atomic mass is 32.2. The maximum Gasteiger partial charge on any atom is 0.283 e. The molecule has 6 heteroatoms. The maximum absolute atomic E-state index is 13.5. The molecule has 0 saturated heterocycles. The molecule has 1 aliphatic heterocycles. The van der Waals surface area contributed by atoms with Gasteiger partial charge in [-0.15, -0.1) is 0 Å². The quantitative estimate of drug-likeness (QED) is 0.514. The molecule has 0 aliphatic carbocycles. The van der Waals surface area contributed by atoms with Gasteiger partial charge in [0.2, 0.25) is 0 Å². The number of amides is 2. The van der Waals surface area contributed by atoms with Crippen molar-refractivity contribution in [3.63, 3.8) is 0 Å². The number of para-hydroxylation sites is 1. The number of carbonyl (C=O) groups excluding carboxylic acids is 2. The second-order valence-corrected chi connectivity index (χ2v) is 8.21. The Balaban J connectivity index is 1.77. The number of nitrogens with zero attached hydrogens (tertiary/aromatic N) is 2. The highest BCUT2D eigenvalue weighted by molar-refractivity contribution is 8.04. The van der Waals surface area contributed by atoms with Crippen molar-refractivity contribution in [1.29, 1.82) is 0 Å². The number of ether oxygens (including phenoxy) is 1. The summed E-state index contributed by atoms with van der Waals surface area (Å²) in [4.78, 5) is 31.3. The van der Waals surface area contributed by atoms with Crippen molar-refractivity contribution in [2.75, 3.05) is 24.0 Å². The van der Waals surface area contributed by atoms with E-state index < -0.39 is 0 Å². The molecule has 4 rings (SSSR count). The summed E-state index contributed by atoms with van der Waals surface area (Å²) in [6, 6.07) is 24.4. The molecule has 0 saturated carbocycles. The molecule has 1 heterocycles. The fraction of sp³-hybridized carbons (Fsp3) is 0.120. The Morgan fingerprint density at radius 1 is 0.839 bits per heavy atom. The number of methoxy groups -OCH3 is 1. The minimum atomic E-state index is -0.351. The number of rotatable bonds is 6. The first kappa shape index (κ1) is 20.8. The van der Waals surface area contributed by atoms with Gasteiger partial charge in [-0.2, -0.15) is 0 Å². The SMILES string of the molecule is COc1ccc(N2C(=O)C(Sc3ccc(C)cc3)=C(N(C)c3ccccc3)C2=O)cc1. The van der Waals surface area contributed by atoms with Crippen molar-refractivity contribution < 1.29 is 14.3 Å². The number of aryl methyl sites for hydroxylation is 1. The molecular weight excluding hydrogens is 408 g/mol. The van der Waals surface area contributed by atoms with Crippen LogP contribution in [0.5, 0.6) is 5.75 Å². The van der Waals surface area contributed by atoms with E-state index in [1.165, 1.54) is 16.7 Å². The normalized spacial score (nSPS) is 13.7. The molecule has 5 nitrogen and oxygen atoms in total. The average molecular weight is 431 g/mol. The van der Waals surface area contributed by atoms with Crippen LogP contribution in [0.2, 0.25) is 0 Å². The molecular formula is C25H22N2O3S. The summed E-state index contributed by atoms with van der Waals surface area (Å²) >= 11 is 1.31. The second-order valence-electron chi connectivity index (χ2n) is 7.13. The van der Waals surface area contributed by atoms with Crippen LogP contribution in [0.4, 0.5) is 11.4 Å². The molecule has 0 fully saturated rings. The third-order valence-electron chi connectivity index (χ3n) is 5.07. The monoisotopic (exact) mass is 430 g/mol. The Kier molecular flexibility index (Phi) is 5.82. The Morgan fingerprint density at radius 2 is 1.48 bits per heavy atom. The highest BCUT2D eigenvalue weighted by Gasteiger charge is 2.42. The van der Waals surface area contributed by atoms with Crippen molar-refractivity contribution in [2.45, 2.75) is 11.8 Å². The zero-order valence-electron chi connectivity index (χ0n) is 17.5. The Labute approximate surface area is 185 Å². The molecule has 0 bridgehead atoms. The van der Waals surface area contributed by atoms with E-state index in [0.717, 1.165) is 16.1 Å². The summed E-state index contributed by atoms with van der Waals surface area (Å²) in [5, 5.41) is 0. The van der Waals surface area contributed by atoms with Crippen molar-refractivity contribution in [3.05, 3.63) is 95.0 Å². The fourth-order valence-electron chi connectivity index (χ4n) is 3.36. The summed E-state index contributed by atoms with van der Waals surface area (Å²) in [5.41, 5.74) is 2.83. The number of carbonyl (C=O) groups is 2. The van der Waals surface area contributed by atoms with Gasteiger partial charge < -0.3 is 9.64 Å². The molecule has 0 unspecified atom stereocenters. The predicted molar refractivity (Wildman–Crippen MR) is 124 cm³/mol. The van der Waals surface area contributed by atoms with Crippen LogP contribution in [0.25, 0.3) is 0 Å². The number of likely N-dealkylation sites (N-methyl/N-ethyl adjacent to an activating group) is 1. The van der Waals surface area contributed by atoms with Crippen molar-refractivity contribution in [3.8, 4) is 5.75 Å². The van der Waals surface area contributed by atoms with Gasteiger partial charge in [0.25, 0.3) is 11.8 Å². The highest BCUT2D eigenvalue weighted by Crippen LogP contribution is 2.39. The van der Waals surface area contributed by atoms with Crippen LogP contribution in [0.15, 0.2) is 94.4 Å². The van der Waals surface area contributed by atoms with Crippen molar-refractivity contribution in [1.82, 2.24) is 0 Å². The fourth-order valence-corrected chi connectivity index (χ4v) is 4.36. The topological polar surface area (TPSA) is 49.9 Å². The molecule has 0 radical (unpaired) electrons. The van der Waals surface area contributed by atoms with E-state index in [2.05, 4.69) is 0 Å². The first-order valence-electron chi connectivity index (χ1n) is 9.80. The van der Waals surface area contributed by atoms with Gasteiger partial charge in [0.05, 0.1) is 12.8 Å². The molecule has 3 aromatic carbocycles. The van der Waals surface area contributed by atoms with E-state index >= 15 is 0 Å². The molecule has 2 amide bonds. The van der Waals surface area contributed by atoms with Crippen LogP contribution < -0.4 is 14.5 Å². The largest absolute Gasteiger partial charge is 0.497 e. The van der Waals surface area contributed by atoms with Gasteiger partial charge in [-0.3, -0.25) is 9.59 Å². The van der Waals surface area contributed by atoms with Gasteiger partial charge >= 0.3 is 0 Å². The zero-order valence-corrected chi connectivity index (χ0v) is 18.3. The second kappa shape index (κ2) is 8.70. The lowest BCUT2D eigenvalue weighted by Gasteiger charge is -2.21. The number of thioether (sulfide) groups is 1. The average Bonchev–Trinajstić information content (AvgIpc) is 3.04. The van der Waals surface area contributed by atoms with Crippen molar-refractivity contribution in [2.24, 2.45) is 0 Å². The molecule has 3 aromatic rings. The lowest BCUT2D eigenvalue weighted by Crippen LogP contribution is -2.34. The summed E-state index contributed by atoms with van der Waals surface area (Å²) in [6.07, 6.45) is 0. The maximum atomic E-state index is 13.5. The van der Waals surface area contributed by atoms with E-state index in [9.17, 15) is 9.59 Å². The van der Waals surface area contributed by atoms with E-state index in [1.54, 1.807) is 36.3 Å².